The molecule has 8 nitrogen and oxygen atoms in total. The zero-order chi connectivity index (χ0) is 18.2. The smallest absolute Gasteiger partial charge is 0.263 e. The van der Waals surface area contributed by atoms with Crippen LogP contribution in [0.4, 0.5) is 0 Å². The minimum absolute atomic E-state index is 0.133. The molecule has 0 fully saturated rings. The Morgan fingerprint density at radius 3 is 2.76 bits per heavy atom. The lowest BCUT2D eigenvalue weighted by atomic mass is 10.2. The Hall–Kier alpha value is -2.65. The van der Waals surface area contributed by atoms with E-state index in [2.05, 4.69) is 10.3 Å². The molecule has 2 aromatic rings. The largest absolute Gasteiger partial charge is 0.497 e. The first kappa shape index (κ1) is 18.7. The molecule has 1 aromatic heterocycles. The van der Waals surface area contributed by atoms with E-state index in [1.165, 1.54) is 17.5 Å². The summed E-state index contributed by atoms with van der Waals surface area (Å²) in [6.45, 7) is 0.325. The number of nitrogens with one attached hydrogen (secondary N) is 2. The Morgan fingerprint density at radius 2 is 2.08 bits per heavy atom. The van der Waals surface area contributed by atoms with Gasteiger partial charge in [0, 0.05) is 19.0 Å². The summed E-state index contributed by atoms with van der Waals surface area (Å²) in [6.07, 6.45) is 2.06. The Bertz CT molecular complexity index is 747. The number of hydrogen-bond acceptors (Lipinski definition) is 7. The lowest BCUT2D eigenvalue weighted by Crippen LogP contribution is -2.25. The van der Waals surface area contributed by atoms with Gasteiger partial charge in [-0.05, 0) is 18.6 Å². The van der Waals surface area contributed by atoms with E-state index < -0.39 is 5.91 Å². The number of hydroxylamine groups is 1. The van der Waals surface area contributed by atoms with Crippen molar-refractivity contribution in [3.63, 3.8) is 0 Å². The van der Waals surface area contributed by atoms with Gasteiger partial charge >= 0.3 is 0 Å². The van der Waals surface area contributed by atoms with Gasteiger partial charge in [0.2, 0.25) is 5.91 Å². The number of nitrogens with zero attached hydrogens (tertiary/aromatic N) is 1. The Kier molecular flexibility index (Phi) is 6.72. The maximum Gasteiger partial charge on any atom is 0.263 e. The second kappa shape index (κ2) is 9.00. The van der Waals surface area contributed by atoms with E-state index in [0.29, 0.717) is 34.3 Å². The summed E-state index contributed by atoms with van der Waals surface area (Å²) in [4.78, 5) is 27.7. The number of carbonyl (C=O) groups is 2. The van der Waals surface area contributed by atoms with Gasteiger partial charge in [-0.25, -0.2) is 10.5 Å². The van der Waals surface area contributed by atoms with E-state index in [1.54, 1.807) is 31.8 Å². The molecule has 0 aliphatic carbocycles. The van der Waals surface area contributed by atoms with Crippen LogP contribution >= 0.6 is 11.3 Å². The zero-order valence-corrected chi connectivity index (χ0v) is 14.7. The number of rotatable bonds is 8. The summed E-state index contributed by atoms with van der Waals surface area (Å²) in [6, 6.07) is 5.37. The summed E-state index contributed by atoms with van der Waals surface area (Å²) in [7, 11) is 3.13. The van der Waals surface area contributed by atoms with Gasteiger partial charge < -0.3 is 14.8 Å². The molecule has 9 heteroatoms. The van der Waals surface area contributed by atoms with E-state index >= 15 is 0 Å². The van der Waals surface area contributed by atoms with Crippen LogP contribution in [0.2, 0.25) is 0 Å². The topological polar surface area (TPSA) is 110 Å². The number of aromatic nitrogens is 1. The molecule has 2 rings (SSSR count). The van der Waals surface area contributed by atoms with Crippen molar-refractivity contribution < 1.29 is 24.3 Å². The third-order valence-corrected chi connectivity index (χ3v) is 4.39. The number of benzene rings is 1. The summed E-state index contributed by atoms with van der Waals surface area (Å²) < 4.78 is 10.5. The van der Waals surface area contributed by atoms with Crippen LogP contribution in [0, 0.1) is 0 Å². The van der Waals surface area contributed by atoms with Crippen molar-refractivity contribution in [3.05, 3.63) is 29.3 Å². The SMILES string of the molecule is COc1ccc(-c2ncc(C(=O)NCCCC(=O)NO)s2)c(OC)c1. The van der Waals surface area contributed by atoms with Crippen molar-refractivity contribution in [2.75, 3.05) is 20.8 Å². The molecule has 0 unspecified atom stereocenters. The van der Waals surface area contributed by atoms with E-state index in [-0.39, 0.29) is 12.3 Å². The minimum Gasteiger partial charge on any atom is -0.497 e. The van der Waals surface area contributed by atoms with Crippen LogP contribution in [-0.2, 0) is 4.79 Å². The van der Waals surface area contributed by atoms with E-state index in [9.17, 15) is 9.59 Å². The van der Waals surface area contributed by atoms with Crippen molar-refractivity contribution in [2.45, 2.75) is 12.8 Å². The first-order valence-corrected chi connectivity index (χ1v) is 8.30. The fourth-order valence-electron chi connectivity index (χ4n) is 2.07. The first-order valence-electron chi connectivity index (χ1n) is 7.48. The molecule has 3 N–H and O–H groups in total. The molecule has 0 saturated heterocycles. The average molecular weight is 365 g/mol. The minimum atomic E-state index is -0.485. The number of methoxy groups -OCH3 is 2. The molecule has 0 aliphatic heterocycles. The third kappa shape index (κ3) is 4.91. The lowest BCUT2D eigenvalue weighted by Gasteiger charge is -2.08. The van der Waals surface area contributed by atoms with Crippen LogP contribution in [0.5, 0.6) is 11.5 Å². The monoisotopic (exact) mass is 365 g/mol. The van der Waals surface area contributed by atoms with Gasteiger partial charge in [-0.15, -0.1) is 11.3 Å². The molecule has 2 amide bonds. The second-order valence-corrected chi connectivity index (χ2v) is 6.02. The highest BCUT2D eigenvalue weighted by Gasteiger charge is 2.15. The molecule has 1 heterocycles. The highest BCUT2D eigenvalue weighted by molar-refractivity contribution is 7.16. The lowest BCUT2D eigenvalue weighted by molar-refractivity contribution is -0.129. The van der Waals surface area contributed by atoms with Gasteiger partial charge in [-0.1, -0.05) is 0 Å². The number of thiazole rings is 1. The maximum atomic E-state index is 12.1. The molecule has 0 saturated carbocycles. The van der Waals surface area contributed by atoms with Gasteiger partial charge in [-0.3, -0.25) is 14.8 Å². The van der Waals surface area contributed by atoms with Gasteiger partial charge in [-0.2, -0.15) is 0 Å². The summed E-state index contributed by atoms with van der Waals surface area (Å²) in [5, 5.41) is 11.8. The quantitative estimate of drug-likeness (QED) is 0.374. The molecule has 0 aliphatic rings. The second-order valence-electron chi connectivity index (χ2n) is 4.99. The molecule has 0 spiro atoms. The Labute approximate surface area is 148 Å². The predicted octanol–water partition coefficient (Wildman–Crippen LogP) is 1.84. The summed E-state index contributed by atoms with van der Waals surface area (Å²) in [5.74, 6) is 0.527. The first-order chi connectivity index (χ1) is 12.1. The molecule has 0 radical (unpaired) electrons. The number of ether oxygens (including phenoxy) is 2. The fraction of sp³-hybridized carbons (Fsp3) is 0.312. The van der Waals surface area contributed by atoms with Gasteiger partial charge in [0.25, 0.3) is 5.91 Å². The zero-order valence-electron chi connectivity index (χ0n) is 13.9. The summed E-state index contributed by atoms with van der Waals surface area (Å²) in [5.41, 5.74) is 2.32. The van der Waals surface area contributed by atoms with Crippen LogP contribution in [0.3, 0.4) is 0 Å². The predicted molar refractivity (Wildman–Crippen MR) is 92.2 cm³/mol. The van der Waals surface area contributed by atoms with Crippen LogP contribution < -0.4 is 20.3 Å². The van der Waals surface area contributed by atoms with E-state index in [0.717, 1.165) is 5.56 Å². The van der Waals surface area contributed by atoms with Crippen molar-refractivity contribution >= 4 is 23.2 Å². The molecule has 25 heavy (non-hydrogen) atoms. The van der Waals surface area contributed by atoms with Crippen LogP contribution in [0.1, 0.15) is 22.5 Å². The van der Waals surface area contributed by atoms with Crippen molar-refractivity contribution in [1.29, 1.82) is 0 Å². The molecule has 0 atom stereocenters. The number of carbonyl (C=O) groups excluding carboxylic acids is 2. The normalized spacial score (nSPS) is 10.2. The van der Waals surface area contributed by atoms with Crippen molar-refractivity contribution in [3.8, 4) is 22.1 Å². The average Bonchev–Trinajstić information content (AvgIpc) is 3.14. The van der Waals surface area contributed by atoms with Gasteiger partial charge in [0.15, 0.2) is 0 Å². The molecular weight excluding hydrogens is 346 g/mol. The maximum absolute atomic E-state index is 12.1. The third-order valence-electron chi connectivity index (χ3n) is 3.36. The number of amides is 2. The Morgan fingerprint density at radius 1 is 1.28 bits per heavy atom. The highest BCUT2D eigenvalue weighted by Crippen LogP contribution is 2.35. The Balaban J connectivity index is 2.02. The molecular formula is C16H19N3O5S. The van der Waals surface area contributed by atoms with Gasteiger partial charge in [0.1, 0.15) is 21.4 Å². The molecule has 1 aromatic carbocycles. The van der Waals surface area contributed by atoms with Gasteiger partial charge in [0.05, 0.1) is 26.0 Å². The number of hydrogen-bond donors (Lipinski definition) is 3. The van der Waals surface area contributed by atoms with Crippen molar-refractivity contribution in [1.82, 2.24) is 15.8 Å². The fourth-order valence-corrected chi connectivity index (χ4v) is 2.94. The van der Waals surface area contributed by atoms with Crippen LogP contribution in [-0.4, -0.2) is 42.8 Å². The van der Waals surface area contributed by atoms with Crippen molar-refractivity contribution in [2.24, 2.45) is 0 Å². The van der Waals surface area contributed by atoms with E-state index in [1.807, 2.05) is 6.07 Å². The van der Waals surface area contributed by atoms with Crippen LogP contribution in [0.15, 0.2) is 24.4 Å². The van der Waals surface area contributed by atoms with Crippen LogP contribution in [0.25, 0.3) is 10.6 Å². The molecule has 0 bridgehead atoms. The van der Waals surface area contributed by atoms with E-state index in [4.69, 9.17) is 14.7 Å². The highest BCUT2D eigenvalue weighted by atomic mass is 32.1. The standard InChI is InChI=1S/C16H19N3O5S/c1-23-10-5-6-11(12(8-10)24-2)16-18-9-13(25-16)15(21)17-7-3-4-14(20)19-22/h5-6,8-9,22H,3-4,7H2,1-2H3,(H,17,21)(H,19,20). The summed E-state index contributed by atoms with van der Waals surface area (Å²) >= 11 is 1.24. The molecule has 134 valence electrons.